The van der Waals surface area contributed by atoms with Gasteiger partial charge in [0.2, 0.25) is 5.95 Å². The first kappa shape index (κ1) is 19.5. The van der Waals surface area contributed by atoms with E-state index in [9.17, 15) is 5.11 Å². The summed E-state index contributed by atoms with van der Waals surface area (Å²) < 4.78 is 5.82. The summed E-state index contributed by atoms with van der Waals surface area (Å²) in [7, 11) is 0. The lowest BCUT2D eigenvalue weighted by Gasteiger charge is -2.40. The predicted molar refractivity (Wildman–Crippen MR) is 112 cm³/mol. The highest BCUT2D eigenvalue weighted by Gasteiger charge is 2.33. The molecule has 1 fully saturated rings. The Balaban J connectivity index is 1.43. The highest BCUT2D eigenvalue weighted by atomic mass is 16.5. The molecule has 2 atom stereocenters. The zero-order chi connectivity index (χ0) is 19.9. The van der Waals surface area contributed by atoms with Crippen LogP contribution in [0.15, 0.2) is 73.1 Å². The highest BCUT2D eigenvalue weighted by Crippen LogP contribution is 2.30. The topological polar surface area (TPSA) is 70.5 Å². The molecule has 0 amide bonds. The van der Waals surface area contributed by atoms with Gasteiger partial charge in [0.1, 0.15) is 6.10 Å². The number of aromatic nitrogens is 2. The molecule has 0 unspecified atom stereocenters. The summed E-state index contributed by atoms with van der Waals surface area (Å²) in [6.45, 7) is 2.79. The van der Waals surface area contributed by atoms with E-state index in [-0.39, 0.29) is 18.8 Å². The molecular weight excluding hydrogens is 364 g/mol. The van der Waals surface area contributed by atoms with Crippen molar-refractivity contribution < 1.29 is 9.84 Å². The molecule has 1 aliphatic rings. The molecule has 2 aromatic carbocycles. The number of nitrogens with one attached hydrogen (secondary N) is 1. The van der Waals surface area contributed by atoms with Gasteiger partial charge in [-0.15, -0.1) is 0 Å². The summed E-state index contributed by atoms with van der Waals surface area (Å²) in [6, 6.07) is 20.4. The summed E-state index contributed by atoms with van der Waals surface area (Å²) in [5, 5.41) is 13.1. The number of hydrogen-bond donors (Lipinski definition) is 2. The standard InChI is InChI=1S/C23H26N4O2/c28-17-21-22(20-9-5-2-6-10-20)27(11-12-29-21)16-19-14-25-23(26-15-19)24-13-18-7-3-1-4-8-18/h1-10,14-15,21-22,28H,11-13,16-17H2,(H,24,25,26)/t21-,22-/m0/s1. The van der Waals surface area contributed by atoms with Crippen molar-refractivity contribution in [1.82, 2.24) is 14.9 Å². The molecule has 1 saturated heterocycles. The van der Waals surface area contributed by atoms with Crippen LogP contribution in [0.25, 0.3) is 0 Å². The van der Waals surface area contributed by atoms with E-state index in [0.29, 0.717) is 25.6 Å². The maximum atomic E-state index is 9.81. The van der Waals surface area contributed by atoms with Crippen LogP contribution in [0.5, 0.6) is 0 Å². The van der Waals surface area contributed by atoms with Gasteiger partial charge in [-0.05, 0) is 11.1 Å². The van der Waals surface area contributed by atoms with E-state index in [4.69, 9.17) is 4.74 Å². The SMILES string of the molecule is OC[C@@H]1OCCN(Cc2cnc(NCc3ccccc3)nc2)[C@H]1c1ccccc1. The first-order chi connectivity index (χ1) is 14.3. The van der Waals surface area contributed by atoms with E-state index in [2.05, 4.69) is 44.5 Å². The second-order valence-corrected chi connectivity index (χ2v) is 7.17. The van der Waals surface area contributed by atoms with Crippen LogP contribution < -0.4 is 5.32 Å². The molecule has 6 heteroatoms. The van der Waals surface area contributed by atoms with E-state index in [1.54, 1.807) is 0 Å². The number of morpholine rings is 1. The van der Waals surface area contributed by atoms with Crippen LogP contribution in [0.1, 0.15) is 22.7 Å². The smallest absolute Gasteiger partial charge is 0.222 e. The largest absolute Gasteiger partial charge is 0.394 e. The lowest BCUT2D eigenvalue weighted by Crippen LogP contribution is -2.46. The highest BCUT2D eigenvalue weighted by molar-refractivity contribution is 5.28. The monoisotopic (exact) mass is 390 g/mol. The fourth-order valence-corrected chi connectivity index (χ4v) is 3.73. The number of ether oxygens (including phenoxy) is 1. The number of hydrogen-bond acceptors (Lipinski definition) is 6. The molecule has 29 heavy (non-hydrogen) atoms. The Morgan fingerprint density at radius 1 is 0.966 bits per heavy atom. The van der Waals surface area contributed by atoms with Gasteiger partial charge in [-0.25, -0.2) is 9.97 Å². The summed E-state index contributed by atoms with van der Waals surface area (Å²) in [5.74, 6) is 0.618. The number of anilines is 1. The second kappa shape index (κ2) is 9.60. The number of aliphatic hydroxyl groups is 1. The van der Waals surface area contributed by atoms with Gasteiger partial charge in [-0.2, -0.15) is 0 Å². The molecule has 6 nitrogen and oxygen atoms in total. The van der Waals surface area contributed by atoms with Crippen LogP contribution in [0.3, 0.4) is 0 Å². The van der Waals surface area contributed by atoms with Gasteiger partial charge in [-0.1, -0.05) is 60.7 Å². The van der Waals surface area contributed by atoms with E-state index in [1.165, 1.54) is 5.56 Å². The van der Waals surface area contributed by atoms with E-state index in [1.807, 2.05) is 48.8 Å². The zero-order valence-corrected chi connectivity index (χ0v) is 16.3. The van der Waals surface area contributed by atoms with Crippen LogP contribution in [0.4, 0.5) is 5.95 Å². The molecule has 2 heterocycles. The Labute approximate surface area is 171 Å². The van der Waals surface area contributed by atoms with Crippen molar-refractivity contribution in [2.24, 2.45) is 0 Å². The van der Waals surface area contributed by atoms with Crippen LogP contribution >= 0.6 is 0 Å². The van der Waals surface area contributed by atoms with Gasteiger partial charge in [0.05, 0.1) is 19.3 Å². The summed E-state index contributed by atoms with van der Waals surface area (Å²) in [5.41, 5.74) is 3.37. The van der Waals surface area contributed by atoms with Crippen molar-refractivity contribution in [3.63, 3.8) is 0 Å². The lowest BCUT2D eigenvalue weighted by atomic mass is 9.98. The van der Waals surface area contributed by atoms with Gasteiger partial charge >= 0.3 is 0 Å². The van der Waals surface area contributed by atoms with E-state index >= 15 is 0 Å². The predicted octanol–water partition coefficient (Wildman–Crippen LogP) is 3.02. The normalized spacial score (nSPS) is 19.8. The molecule has 0 aliphatic carbocycles. The second-order valence-electron chi connectivity index (χ2n) is 7.17. The van der Waals surface area contributed by atoms with Crippen molar-refractivity contribution in [1.29, 1.82) is 0 Å². The van der Waals surface area contributed by atoms with Gasteiger partial charge in [0.25, 0.3) is 0 Å². The molecular formula is C23H26N4O2. The maximum absolute atomic E-state index is 9.81. The average molecular weight is 390 g/mol. The molecule has 0 spiro atoms. The van der Waals surface area contributed by atoms with Gasteiger partial charge < -0.3 is 15.2 Å². The Morgan fingerprint density at radius 3 is 2.34 bits per heavy atom. The Hall–Kier alpha value is -2.80. The van der Waals surface area contributed by atoms with Crippen LogP contribution in [-0.2, 0) is 17.8 Å². The van der Waals surface area contributed by atoms with Crippen molar-refractivity contribution in [3.8, 4) is 0 Å². The van der Waals surface area contributed by atoms with Gasteiger partial charge in [-0.3, -0.25) is 4.90 Å². The quantitative estimate of drug-likeness (QED) is 0.646. The lowest BCUT2D eigenvalue weighted by molar-refractivity contribution is -0.0961. The summed E-state index contributed by atoms with van der Waals surface area (Å²) in [6.07, 6.45) is 3.50. The molecule has 0 saturated carbocycles. The Bertz CT molecular complexity index is 874. The third-order valence-corrected chi connectivity index (χ3v) is 5.16. The van der Waals surface area contributed by atoms with Crippen LogP contribution in [-0.4, -0.2) is 45.8 Å². The fraction of sp³-hybridized carbons (Fsp3) is 0.304. The fourth-order valence-electron chi connectivity index (χ4n) is 3.73. The molecule has 4 rings (SSSR count). The molecule has 1 aromatic heterocycles. The zero-order valence-electron chi connectivity index (χ0n) is 16.3. The number of nitrogens with zero attached hydrogens (tertiary/aromatic N) is 3. The first-order valence-corrected chi connectivity index (χ1v) is 9.93. The summed E-state index contributed by atoms with van der Waals surface area (Å²) >= 11 is 0. The summed E-state index contributed by atoms with van der Waals surface area (Å²) in [4.78, 5) is 11.3. The minimum absolute atomic E-state index is 0.00505. The van der Waals surface area contributed by atoms with Crippen LogP contribution in [0, 0.1) is 0 Å². The molecule has 3 aromatic rings. The maximum Gasteiger partial charge on any atom is 0.222 e. The van der Waals surface area contributed by atoms with Gasteiger partial charge in [0.15, 0.2) is 0 Å². The number of rotatable bonds is 7. The first-order valence-electron chi connectivity index (χ1n) is 9.93. The van der Waals surface area contributed by atoms with Crippen molar-refractivity contribution in [2.75, 3.05) is 25.1 Å². The van der Waals surface area contributed by atoms with E-state index in [0.717, 1.165) is 17.7 Å². The third kappa shape index (κ3) is 4.98. The van der Waals surface area contributed by atoms with E-state index < -0.39 is 0 Å². The molecule has 1 aliphatic heterocycles. The van der Waals surface area contributed by atoms with Crippen molar-refractivity contribution in [3.05, 3.63) is 89.7 Å². The number of aliphatic hydroxyl groups excluding tert-OH is 1. The van der Waals surface area contributed by atoms with Crippen LogP contribution in [0.2, 0.25) is 0 Å². The van der Waals surface area contributed by atoms with Gasteiger partial charge in [0, 0.05) is 37.6 Å². The molecule has 0 radical (unpaired) electrons. The minimum atomic E-state index is -0.237. The minimum Gasteiger partial charge on any atom is -0.394 e. The Morgan fingerprint density at radius 2 is 1.66 bits per heavy atom. The Kier molecular flexibility index (Phi) is 6.46. The molecule has 150 valence electrons. The van der Waals surface area contributed by atoms with Crippen molar-refractivity contribution >= 4 is 5.95 Å². The molecule has 2 N–H and O–H groups in total. The third-order valence-electron chi connectivity index (χ3n) is 5.16. The average Bonchev–Trinajstić information content (AvgIpc) is 2.80. The molecule has 0 bridgehead atoms. The van der Waals surface area contributed by atoms with Crippen molar-refractivity contribution in [2.45, 2.75) is 25.2 Å². The number of benzene rings is 2.